The van der Waals surface area contributed by atoms with Gasteiger partial charge in [0.1, 0.15) is 11.1 Å². The van der Waals surface area contributed by atoms with Crippen molar-refractivity contribution in [1.82, 2.24) is 9.78 Å². The van der Waals surface area contributed by atoms with Gasteiger partial charge in [-0.05, 0) is 6.42 Å². The van der Waals surface area contributed by atoms with Crippen LogP contribution in [0.5, 0.6) is 0 Å². The highest BCUT2D eigenvalue weighted by Gasteiger charge is 2.19. The number of carbonyl (C=O) groups is 1. The van der Waals surface area contributed by atoms with Crippen LogP contribution in [-0.4, -0.2) is 20.9 Å². The Morgan fingerprint density at radius 1 is 1.92 bits per heavy atom. The average molecular weight is 207 g/mol. The van der Waals surface area contributed by atoms with Crippen molar-refractivity contribution in [3.63, 3.8) is 0 Å². The summed E-state index contributed by atoms with van der Waals surface area (Å²) in [7, 11) is 0. The second kappa shape index (κ2) is 3.74. The topological polar surface area (TPSA) is 55.1 Å². The highest BCUT2D eigenvalue weighted by atomic mass is 35.5. The molecule has 1 N–H and O–H groups in total. The van der Waals surface area contributed by atoms with E-state index >= 15 is 0 Å². The summed E-state index contributed by atoms with van der Waals surface area (Å²) < 4.78 is 13.7. The Bertz CT molecular complexity index is 307. The Hall–Kier alpha value is -1.10. The molecule has 1 atom stereocenters. The van der Waals surface area contributed by atoms with Crippen LogP contribution in [0.2, 0.25) is 5.02 Å². The van der Waals surface area contributed by atoms with Crippen LogP contribution in [0.1, 0.15) is 19.4 Å². The first-order valence-corrected chi connectivity index (χ1v) is 4.07. The summed E-state index contributed by atoms with van der Waals surface area (Å²) in [5.74, 6) is -1.90. The van der Waals surface area contributed by atoms with Gasteiger partial charge in [0.25, 0.3) is 5.95 Å². The highest BCUT2D eigenvalue weighted by molar-refractivity contribution is 6.30. The van der Waals surface area contributed by atoms with Gasteiger partial charge in [0.05, 0.1) is 0 Å². The van der Waals surface area contributed by atoms with Gasteiger partial charge >= 0.3 is 5.97 Å². The lowest BCUT2D eigenvalue weighted by Crippen LogP contribution is -2.18. The predicted octanol–water partition coefficient (Wildman–Crippen LogP) is 1.71. The Labute approximate surface area is 78.9 Å². The van der Waals surface area contributed by atoms with Gasteiger partial charge in [-0.3, -0.25) is 4.68 Å². The van der Waals surface area contributed by atoms with Crippen LogP contribution in [0.3, 0.4) is 0 Å². The number of carboxylic acids is 1. The normalized spacial score (nSPS) is 12.8. The Morgan fingerprint density at radius 3 is 2.85 bits per heavy atom. The summed E-state index contributed by atoms with van der Waals surface area (Å²) >= 11 is 5.38. The maximum absolute atomic E-state index is 12.6. The zero-order valence-electron chi connectivity index (χ0n) is 6.87. The number of nitrogens with zero attached hydrogens (tertiary/aromatic N) is 2. The smallest absolute Gasteiger partial charge is 0.328 e. The minimum absolute atomic E-state index is 0.167. The summed E-state index contributed by atoms with van der Waals surface area (Å²) in [6.45, 7) is 1.67. The third-order valence-electron chi connectivity index (χ3n) is 1.64. The standard InChI is InChI=1S/C7H8ClFN2O2/c1-2-5(7(12)13)11-3-4(8)6(9)10-11/h3,5H,2H2,1H3,(H,12,13). The predicted molar refractivity (Wildman–Crippen MR) is 44.2 cm³/mol. The first kappa shape index (κ1) is 9.98. The van der Waals surface area contributed by atoms with Crippen molar-refractivity contribution in [1.29, 1.82) is 0 Å². The molecule has 0 amide bonds. The molecular formula is C7H8ClFN2O2. The van der Waals surface area contributed by atoms with Gasteiger partial charge in [-0.25, -0.2) is 4.79 Å². The zero-order chi connectivity index (χ0) is 10.0. The Morgan fingerprint density at radius 2 is 2.54 bits per heavy atom. The second-order valence-electron chi connectivity index (χ2n) is 2.51. The van der Waals surface area contributed by atoms with Crippen molar-refractivity contribution in [3.05, 3.63) is 17.2 Å². The molecule has 4 nitrogen and oxygen atoms in total. The number of hydrogen-bond donors (Lipinski definition) is 1. The molecule has 1 rings (SSSR count). The molecule has 72 valence electrons. The molecule has 0 saturated carbocycles. The number of halogens is 2. The molecule has 0 saturated heterocycles. The molecule has 1 aromatic rings. The fraction of sp³-hybridized carbons (Fsp3) is 0.429. The molecule has 0 aromatic carbocycles. The summed E-state index contributed by atoms with van der Waals surface area (Å²) in [5.41, 5.74) is 0. The van der Waals surface area contributed by atoms with E-state index in [1.165, 1.54) is 6.20 Å². The molecule has 0 fully saturated rings. The van der Waals surface area contributed by atoms with Gasteiger partial charge in [0, 0.05) is 6.20 Å². The first-order valence-electron chi connectivity index (χ1n) is 3.69. The first-order chi connectivity index (χ1) is 6.06. The molecule has 0 aliphatic heterocycles. The molecule has 1 heterocycles. The number of hydrogen-bond acceptors (Lipinski definition) is 2. The SMILES string of the molecule is CCC(C(=O)O)n1cc(Cl)c(F)n1. The monoisotopic (exact) mass is 206 g/mol. The van der Waals surface area contributed by atoms with Gasteiger partial charge < -0.3 is 5.11 Å². The van der Waals surface area contributed by atoms with E-state index in [0.717, 1.165) is 4.68 Å². The molecule has 0 spiro atoms. The quantitative estimate of drug-likeness (QED) is 0.819. The van der Waals surface area contributed by atoms with Crippen LogP contribution in [-0.2, 0) is 4.79 Å². The van der Waals surface area contributed by atoms with E-state index < -0.39 is 18.0 Å². The summed E-state index contributed by atoms with van der Waals surface area (Å²) in [6, 6.07) is -0.859. The van der Waals surface area contributed by atoms with Crippen molar-refractivity contribution >= 4 is 17.6 Å². The third kappa shape index (κ3) is 1.98. The Kier molecular flexibility index (Phi) is 2.87. The maximum atomic E-state index is 12.6. The maximum Gasteiger partial charge on any atom is 0.328 e. The minimum Gasteiger partial charge on any atom is -0.480 e. The van der Waals surface area contributed by atoms with Crippen LogP contribution < -0.4 is 0 Å². The lowest BCUT2D eigenvalue weighted by atomic mass is 10.2. The van der Waals surface area contributed by atoms with E-state index in [0.29, 0.717) is 6.42 Å². The fourth-order valence-corrected chi connectivity index (χ4v) is 1.12. The number of aromatic nitrogens is 2. The van der Waals surface area contributed by atoms with E-state index in [4.69, 9.17) is 16.7 Å². The summed E-state index contributed by atoms with van der Waals surface area (Å²) in [4.78, 5) is 10.6. The van der Waals surface area contributed by atoms with Gasteiger partial charge in [-0.1, -0.05) is 18.5 Å². The number of aliphatic carboxylic acids is 1. The highest BCUT2D eigenvalue weighted by Crippen LogP contribution is 2.17. The third-order valence-corrected chi connectivity index (χ3v) is 1.89. The van der Waals surface area contributed by atoms with Crippen LogP contribution in [0, 0.1) is 5.95 Å². The summed E-state index contributed by atoms with van der Waals surface area (Å²) in [5, 5.41) is 11.9. The lowest BCUT2D eigenvalue weighted by Gasteiger charge is -2.08. The van der Waals surface area contributed by atoms with Crippen molar-refractivity contribution in [2.45, 2.75) is 19.4 Å². The molecular weight excluding hydrogens is 199 g/mol. The second-order valence-corrected chi connectivity index (χ2v) is 2.92. The molecule has 0 aliphatic carbocycles. The van der Waals surface area contributed by atoms with E-state index in [9.17, 15) is 9.18 Å². The zero-order valence-corrected chi connectivity index (χ0v) is 7.62. The van der Waals surface area contributed by atoms with E-state index in [1.807, 2.05) is 0 Å². The lowest BCUT2D eigenvalue weighted by molar-refractivity contribution is -0.141. The number of carboxylic acid groups (broad SMARTS) is 1. The van der Waals surface area contributed by atoms with Crippen molar-refractivity contribution in [2.24, 2.45) is 0 Å². The molecule has 13 heavy (non-hydrogen) atoms. The largest absolute Gasteiger partial charge is 0.480 e. The van der Waals surface area contributed by atoms with Crippen molar-refractivity contribution < 1.29 is 14.3 Å². The Balaban J connectivity index is 2.98. The molecule has 0 radical (unpaired) electrons. The molecule has 1 aromatic heterocycles. The molecule has 0 aliphatic rings. The molecule has 0 bridgehead atoms. The van der Waals surface area contributed by atoms with Gasteiger partial charge in [-0.15, -0.1) is 5.10 Å². The van der Waals surface area contributed by atoms with Crippen molar-refractivity contribution in [2.75, 3.05) is 0 Å². The summed E-state index contributed by atoms with van der Waals surface area (Å²) in [6.07, 6.45) is 1.49. The average Bonchev–Trinajstić information content (AvgIpc) is 2.32. The van der Waals surface area contributed by atoms with Crippen LogP contribution >= 0.6 is 11.6 Å². The van der Waals surface area contributed by atoms with Crippen LogP contribution in [0.4, 0.5) is 4.39 Å². The van der Waals surface area contributed by atoms with E-state index in [-0.39, 0.29) is 5.02 Å². The van der Waals surface area contributed by atoms with Gasteiger partial charge in [-0.2, -0.15) is 4.39 Å². The number of rotatable bonds is 3. The van der Waals surface area contributed by atoms with Gasteiger partial charge in [0.15, 0.2) is 0 Å². The van der Waals surface area contributed by atoms with Crippen LogP contribution in [0.15, 0.2) is 6.20 Å². The van der Waals surface area contributed by atoms with E-state index in [2.05, 4.69) is 5.10 Å². The van der Waals surface area contributed by atoms with Crippen LogP contribution in [0.25, 0.3) is 0 Å². The van der Waals surface area contributed by atoms with E-state index in [1.54, 1.807) is 6.92 Å². The fourth-order valence-electron chi connectivity index (χ4n) is 0.982. The van der Waals surface area contributed by atoms with Crippen molar-refractivity contribution in [3.8, 4) is 0 Å². The minimum atomic E-state index is -1.05. The van der Waals surface area contributed by atoms with Gasteiger partial charge in [0.2, 0.25) is 0 Å². The molecule has 6 heteroatoms. The molecule has 1 unspecified atom stereocenters.